The summed E-state index contributed by atoms with van der Waals surface area (Å²) in [4.78, 5) is 10.4. The van der Waals surface area contributed by atoms with E-state index in [1.807, 2.05) is 18.2 Å². The zero-order valence-electron chi connectivity index (χ0n) is 29.3. The van der Waals surface area contributed by atoms with Crippen LogP contribution in [0.5, 0.6) is 11.5 Å². The SMILES string of the molecule is c1ccc(-c2nc(-c3ccccc3-c3ccc4c(c3)Oc3ccccc3C43c4ccccc4-c4ccccc43)cc(-c3cccc4ccccc34)n2)cc1. The summed E-state index contributed by atoms with van der Waals surface area (Å²) >= 11 is 0. The molecular formula is C51H32N2O. The third kappa shape index (κ3) is 4.49. The van der Waals surface area contributed by atoms with Crippen molar-refractivity contribution < 1.29 is 4.74 Å². The van der Waals surface area contributed by atoms with Crippen molar-refractivity contribution in [3.8, 4) is 67.7 Å². The minimum Gasteiger partial charge on any atom is -0.457 e. The first-order valence-electron chi connectivity index (χ1n) is 18.4. The van der Waals surface area contributed by atoms with Gasteiger partial charge in [0.15, 0.2) is 5.82 Å². The highest BCUT2D eigenvalue weighted by Crippen LogP contribution is 2.62. The molecule has 0 bridgehead atoms. The van der Waals surface area contributed by atoms with Crippen LogP contribution in [-0.4, -0.2) is 9.97 Å². The molecule has 3 nitrogen and oxygen atoms in total. The molecule has 54 heavy (non-hydrogen) atoms. The van der Waals surface area contributed by atoms with Gasteiger partial charge in [-0.1, -0.05) is 176 Å². The van der Waals surface area contributed by atoms with Gasteiger partial charge in [0.05, 0.1) is 16.8 Å². The molecule has 3 heteroatoms. The van der Waals surface area contributed by atoms with Crippen molar-refractivity contribution in [2.24, 2.45) is 0 Å². The fraction of sp³-hybridized carbons (Fsp3) is 0.0196. The van der Waals surface area contributed by atoms with E-state index in [4.69, 9.17) is 14.7 Å². The zero-order valence-corrected chi connectivity index (χ0v) is 29.3. The predicted octanol–water partition coefficient (Wildman–Crippen LogP) is 12.8. The number of hydrogen-bond acceptors (Lipinski definition) is 3. The average molecular weight is 689 g/mol. The maximum absolute atomic E-state index is 6.87. The second kappa shape index (κ2) is 12.0. The first-order valence-corrected chi connectivity index (χ1v) is 18.4. The molecular weight excluding hydrogens is 657 g/mol. The lowest BCUT2D eigenvalue weighted by atomic mass is 9.66. The van der Waals surface area contributed by atoms with Crippen LogP contribution in [0.2, 0.25) is 0 Å². The van der Waals surface area contributed by atoms with E-state index in [2.05, 4.69) is 176 Å². The first-order chi connectivity index (χ1) is 26.8. The van der Waals surface area contributed by atoms with Crippen LogP contribution in [0.3, 0.4) is 0 Å². The number of aromatic nitrogens is 2. The van der Waals surface area contributed by atoms with E-state index in [1.54, 1.807) is 0 Å². The maximum Gasteiger partial charge on any atom is 0.160 e. The Morgan fingerprint density at radius 2 is 0.907 bits per heavy atom. The molecule has 0 fully saturated rings. The molecule has 11 rings (SSSR count). The summed E-state index contributed by atoms with van der Waals surface area (Å²) in [5.74, 6) is 2.43. The quantitative estimate of drug-likeness (QED) is 0.185. The second-order valence-electron chi connectivity index (χ2n) is 14.1. The molecule has 9 aromatic rings. The predicted molar refractivity (Wildman–Crippen MR) is 219 cm³/mol. The smallest absolute Gasteiger partial charge is 0.160 e. The van der Waals surface area contributed by atoms with Gasteiger partial charge in [-0.3, -0.25) is 0 Å². The third-order valence-corrected chi connectivity index (χ3v) is 11.2. The summed E-state index contributed by atoms with van der Waals surface area (Å²) in [6.07, 6.45) is 0. The summed E-state index contributed by atoms with van der Waals surface area (Å²) in [6.45, 7) is 0. The summed E-state index contributed by atoms with van der Waals surface area (Å²) in [7, 11) is 0. The van der Waals surface area contributed by atoms with Crippen molar-refractivity contribution in [3.63, 3.8) is 0 Å². The number of rotatable bonds is 4. The average Bonchev–Trinajstić information content (AvgIpc) is 3.54. The number of para-hydroxylation sites is 1. The molecule has 1 aliphatic carbocycles. The second-order valence-corrected chi connectivity index (χ2v) is 14.1. The van der Waals surface area contributed by atoms with E-state index in [9.17, 15) is 0 Å². The summed E-state index contributed by atoms with van der Waals surface area (Å²) in [5, 5.41) is 2.34. The minimum absolute atomic E-state index is 0.500. The van der Waals surface area contributed by atoms with Gasteiger partial charge in [0.1, 0.15) is 11.5 Å². The number of nitrogens with zero attached hydrogens (tertiary/aromatic N) is 2. The molecule has 0 saturated heterocycles. The Balaban J connectivity index is 1.12. The van der Waals surface area contributed by atoms with Gasteiger partial charge >= 0.3 is 0 Å². The largest absolute Gasteiger partial charge is 0.457 e. The number of hydrogen-bond donors (Lipinski definition) is 0. The third-order valence-electron chi connectivity index (χ3n) is 11.2. The molecule has 2 aliphatic rings. The van der Waals surface area contributed by atoms with E-state index < -0.39 is 5.41 Å². The van der Waals surface area contributed by atoms with E-state index >= 15 is 0 Å². The van der Waals surface area contributed by atoms with Crippen LogP contribution in [-0.2, 0) is 5.41 Å². The Morgan fingerprint density at radius 1 is 0.352 bits per heavy atom. The fourth-order valence-electron chi connectivity index (χ4n) is 8.87. The lowest BCUT2D eigenvalue weighted by Gasteiger charge is -2.39. The van der Waals surface area contributed by atoms with Gasteiger partial charge in [-0.05, 0) is 62.4 Å². The van der Waals surface area contributed by atoms with Gasteiger partial charge in [0.2, 0.25) is 0 Å². The van der Waals surface area contributed by atoms with Crippen molar-refractivity contribution in [3.05, 3.63) is 216 Å². The van der Waals surface area contributed by atoms with Crippen LogP contribution in [0.1, 0.15) is 22.3 Å². The number of fused-ring (bicyclic) bond motifs is 10. The molecule has 0 atom stereocenters. The standard InChI is InChI=1S/C51H32N2O/c1-2-16-34(17-3-1)50-52-46(32-47(53-50)41-24-14-18-33-15-4-5-19-36(33)41)40-23-7-6-20-37(40)35-29-30-45-49(31-35)54-48-28-13-12-27-44(48)51(45)42-25-10-8-21-38(42)39-22-9-11-26-43(39)51/h1-32H. The molecule has 0 N–H and O–H groups in total. The van der Waals surface area contributed by atoms with Crippen molar-refractivity contribution in [2.45, 2.75) is 5.41 Å². The van der Waals surface area contributed by atoms with Crippen LogP contribution < -0.4 is 4.74 Å². The van der Waals surface area contributed by atoms with Crippen LogP contribution in [0.15, 0.2) is 194 Å². The Kier molecular flexibility index (Phi) is 6.77. The highest BCUT2D eigenvalue weighted by atomic mass is 16.5. The molecule has 1 spiro atoms. The number of benzene rings is 8. The van der Waals surface area contributed by atoms with Crippen LogP contribution in [0.4, 0.5) is 0 Å². The zero-order chi connectivity index (χ0) is 35.6. The normalized spacial score (nSPS) is 13.1. The van der Waals surface area contributed by atoms with E-state index in [1.165, 1.54) is 33.2 Å². The van der Waals surface area contributed by atoms with Crippen LogP contribution in [0.25, 0.3) is 66.9 Å². The van der Waals surface area contributed by atoms with Gasteiger partial charge in [0.25, 0.3) is 0 Å². The molecule has 252 valence electrons. The molecule has 0 saturated carbocycles. The van der Waals surface area contributed by atoms with Gasteiger partial charge in [-0.15, -0.1) is 0 Å². The van der Waals surface area contributed by atoms with Gasteiger partial charge in [-0.2, -0.15) is 0 Å². The van der Waals surface area contributed by atoms with Crippen molar-refractivity contribution in [2.75, 3.05) is 0 Å². The van der Waals surface area contributed by atoms with Gasteiger partial charge < -0.3 is 4.74 Å². The van der Waals surface area contributed by atoms with E-state index in [-0.39, 0.29) is 0 Å². The highest BCUT2D eigenvalue weighted by Gasteiger charge is 2.50. The summed E-state index contributed by atoms with van der Waals surface area (Å²) in [6, 6.07) is 68.8. The molecule has 0 radical (unpaired) electrons. The molecule has 1 aliphatic heterocycles. The minimum atomic E-state index is -0.500. The lowest BCUT2D eigenvalue weighted by molar-refractivity contribution is 0.436. The van der Waals surface area contributed by atoms with Crippen molar-refractivity contribution in [1.29, 1.82) is 0 Å². The Morgan fingerprint density at radius 3 is 1.69 bits per heavy atom. The molecule has 0 unspecified atom stereocenters. The molecule has 0 amide bonds. The maximum atomic E-state index is 6.87. The Bertz CT molecular complexity index is 2880. The Hall–Kier alpha value is -7.10. The van der Waals surface area contributed by atoms with Crippen LogP contribution in [0, 0.1) is 0 Å². The first kappa shape index (κ1) is 30.5. The fourth-order valence-corrected chi connectivity index (χ4v) is 8.87. The highest BCUT2D eigenvalue weighted by molar-refractivity contribution is 5.97. The molecule has 2 heterocycles. The van der Waals surface area contributed by atoms with Crippen molar-refractivity contribution in [1.82, 2.24) is 9.97 Å². The molecule has 1 aromatic heterocycles. The van der Waals surface area contributed by atoms with E-state index in [0.717, 1.165) is 61.7 Å². The van der Waals surface area contributed by atoms with E-state index in [0.29, 0.717) is 5.82 Å². The van der Waals surface area contributed by atoms with Gasteiger partial charge in [-0.25, -0.2) is 9.97 Å². The van der Waals surface area contributed by atoms with Gasteiger partial charge in [0, 0.05) is 27.8 Å². The van der Waals surface area contributed by atoms with Crippen LogP contribution >= 0.6 is 0 Å². The summed E-state index contributed by atoms with van der Waals surface area (Å²) in [5.41, 5.74) is 13.9. The summed E-state index contributed by atoms with van der Waals surface area (Å²) < 4.78 is 6.87. The van der Waals surface area contributed by atoms with Crippen molar-refractivity contribution >= 4 is 10.8 Å². The monoisotopic (exact) mass is 688 g/mol. The lowest BCUT2D eigenvalue weighted by Crippen LogP contribution is -2.32. The topological polar surface area (TPSA) is 35.0 Å². The molecule has 8 aromatic carbocycles. The number of ether oxygens (including phenoxy) is 1. The Labute approximate surface area is 313 Å².